The van der Waals surface area contributed by atoms with E-state index in [9.17, 15) is 10.4 Å². The lowest BCUT2D eigenvalue weighted by atomic mass is 10.1. The van der Waals surface area contributed by atoms with Crippen molar-refractivity contribution in [1.82, 2.24) is 0 Å². The molecule has 4 N–H and O–H groups in total. The van der Waals surface area contributed by atoms with Crippen LogP contribution in [0.25, 0.3) is 10.9 Å². The van der Waals surface area contributed by atoms with E-state index >= 15 is 0 Å². The Bertz CT molecular complexity index is 614. The molecule has 0 saturated carbocycles. The van der Waals surface area contributed by atoms with Crippen LogP contribution in [0.4, 0.5) is 11.4 Å². The first kappa shape index (κ1) is 14.1. The molecule has 108 valence electrons. The molecule has 2 rings (SSSR count). The number of nitrogens with zero attached hydrogens (tertiary/aromatic N) is 3. The predicted octanol–water partition coefficient (Wildman–Crippen LogP) is -1.52. The normalized spacial score (nSPS) is 10.9. The highest BCUT2D eigenvalue weighted by Gasteiger charge is 2.20. The van der Waals surface area contributed by atoms with Crippen LogP contribution in [0.15, 0.2) is 24.4 Å². The highest BCUT2D eigenvalue weighted by molar-refractivity contribution is 5.96. The van der Waals surface area contributed by atoms with Gasteiger partial charge in [0.2, 0.25) is 0 Å². The summed E-state index contributed by atoms with van der Waals surface area (Å²) in [5, 5.41) is 41.8. The molecule has 0 bridgehead atoms. The summed E-state index contributed by atoms with van der Waals surface area (Å²) in [7, 11) is 0. The number of hydrogen-bond donors (Lipinski definition) is 3. The van der Waals surface area contributed by atoms with Crippen molar-refractivity contribution in [2.45, 2.75) is 0 Å². The maximum atomic E-state index is 11.8. The van der Waals surface area contributed by atoms with Gasteiger partial charge < -0.3 is 31.3 Å². The molecule has 1 heterocycles. The van der Waals surface area contributed by atoms with E-state index in [0.29, 0.717) is 24.2 Å². The minimum atomic E-state index is -0.0996. The van der Waals surface area contributed by atoms with E-state index in [-0.39, 0.29) is 34.1 Å². The molecule has 0 saturated heterocycles. The maximum Gasteiger partial charge on any atom is 0.319 e. The summed E-state index contributed by atoms with van der Waals surface area (Å²) in [6.45, 7) is 0.394. The van der Waals surface area contributed by atoms with Crippen LogP contribution in [0, 0.1) is 10.4 Å². The van der Waals surface area contributed by atoms with Crippen molar-refractivity contribution < 1.29 is 19.9 Å². The third kappa shape index (κ3) is 2.38. The zero-order valence-corrected chi connectivity index (χ0v) is 10.8. The van der Waals surface area contributed by atoms with E-state index in [1.807, 2.05) is 0 Å². The first-order valence-electron chi connectivity index (χ1n) is 6.11. The van der Waals surface area contributed by atoms with Crippen LogP contribution in [0.1, 0.15) is 0 Å². The zero-order valence-electron chi connectivity index (χ0n) is 10.8. The molecule has 0 unspecified atom stereocenters. The number of nitrogens with two attached hydrogens (primary N) is 1. The van der Waals surface area contributed by atoms with Crippen LogP contribution in [0.5, 0.6) is 0 Å². The number of aliphatic hydroxyl groups excluding tert-OH is 2. The lowest BCUT2D eigenvalue weighted by Gasteiger charge is -2.23. The highest BCUT2D eigenvalue weighted by atomic mass is 16.6. The molecule has 8 nitrogen and oxygen atoms in total. The number of hydrogen-bond acceptors (Lipinski definition) is 6. The van der Waals surface area contributed by atoms with Gasteiger partial charge in [-0.25, -0.2) is 0 Å². The standard InChI is InChI=1S/C12H16N4O4/c13-10-1-2-11(14(5-7-17)6-8-18)9-3-4-15(19)16(20)12(9)10/h1-4,17-18H,5-8,13H2. The van der Waals surface area contributed by atoms with Crippen LogP contribution < -0.4 is 20.3 Å². The lowest BCUT2D eigenvalue weighted by molar-refractivity contribution is -1.18. The van der Waals surface area contributed by atoms with Gasteiger partial charge in [0.15, 0.2) is 0 Å². The van der Waals surface area contributed by atoms with Crippen LogP contribution in [0.2, 0.25) is 0 Å². The molecule has 8 heteroatoms. The summed E-state index contributed by atoms with van der Waals surface area (Å²) < 4.78 is 0. The fourth-order valence-corrected chi connectivity index (χ4v) is 2.16. The third-order valence-corrected chi connectivity index (χ3v) is 3.04. The van der Waals surface area contributed by atoms with Gasteiger partial charge in [0.25, 0.3) is 6.20 Å². The molecule has 0 aliphatic heterocycles. The summed E-state index contributed by atoms with van der Waals surface area (Å²) in [6, 6.07) is 4.70. The van der Waals surface area contributed by atoms with Gasteiger partial charge in [-0.2, -0.15) is 0 Å². The van der Waals surface area contributed by atoms with Crippen molar-refractivity contribution in [2.75, 3.05) is 36.9 Å². The number of benzene rings is 1. The summed E-state index contributed by atoms with van der Waals surface area (Å²) in [5.41, 5.74) is 6.64. The Morgan fingerprint density at radius 2 is 1.75 bits per heavy atom. The Hall–Kier alpha value is -2.32. The van der Waals surface area contributed by atoms with Crippen LogP contribution in [0.3, 0.4) is 0 Å². The molecule has 0 spiro atoms. The average Bonchev–Trinajstić information content (AvgIpc) is 2.43. The third-order valence-electron chi connectivity index (χ3n) is 3.04. The van der Waals surface area contributed by atoms with Gasteiger partial charge in [-0.15, -0.1) is 0 Å². The van der Waals surface area contributed by atoms with Gasteiger partial charge in [0.05, 0.1) is 34.0 Å². The van der Waals surface area contributed by atoms with E-state index in [4.69, 9.17) is 15.9 Å². The van der Waals surface area contributed by atoms with Crippen molar-refractivity contribution >= 4 is 22.3 Å². The molecule has 0 aliphatic rings. The molecule has 0 aliphatic carbocycles. The number of rotatable bonds is 5. The molecule has 0 fully saturated rings. The number of aromatic nitrogens is 2. The van der Waals surface area contributed by atoms with Crippen molar-refractivity contribution in [2.24, 2.45) is 0 Å². The van der Waals surface area contributed by atoms with Gasteiger partial charge in [-0.05, 0) is 12.1 Å². The quantitative estimate of drug-likeness (QED) is 0.347. The Morgan fingerprint density at radius 3 is 2.35 bits per heavy atom. The molecule has 1 aromatic carbocycles. The van der Waals surface area contributed by atoms with Gasteiger partial charge >= 0.3 is 5.52 Å². The number of nitrogen functional groups attached to an aromatic ring is 1. The number of fused-ring (bicyclic) bond motifs is 1. The Morgan fingerprint density at radius 1 is 1.10 bits per heavy atom. The molecule has 0 amide bonds. The Balaban J connectivity index is 2.65. The molecule has 2 aromatic rings. The maximum absolute atomic E-state index is 11.8. The summed E-state index contributed by atoms with van der Waals surface area (Å²) in [6.07, 6.45) is 1.09. The van der Waals surface area contributed by atoms with Gasteiger partial charge in [-0.3, -0.25) is 0 Å². The molecular weight excluding hydrogens is 264 g/mol. The van der Waals surface area contributed by atoms with Crippen molar-refractivity contribution in [3.63, 3.8) is 0 Å². The lowest BCUT2D eigenvalue weighted by Crippen LogP contribution is -2.60. The second-order valence-electron chi connectivity index (χ2n) is 4.26. The number of aliphatic hydroxyl groups is 2. The van der Waals surface area contributed by atoms with E-state index in [2.05, 4.69) is 0 Å². The SMILES string of the molecule is Nc1ccc(N(CCO)CCO)c2cc[n+]([O-])[n+]([O-])c12. The van der Waals surface area contributed by atoms with E-state index < -0.39 is 0 Å². The molecule has 0 radical (unpaired) electrons. The van der Waals surface area contributed by atoms with Crippen molar-refractivity contribution in [3.05, 3.63) is 34.8 Å². The first-order valence-corrected chi connectivity index (χ1v) is 6.11. The minimum Gasteiger partial charge on any atom is -0.561 e. The van der Waals surface area contributed by atoms with E-state index in [0.717, 1.165) is 6.20 Å². The Labute approximate surface area is 115 Å². The monoisotopic (exact) mass is 280 g/mol. The number of anilines is 2. The molecule has 0 atom stereocenters. The molecule has 1 aromatic heterocycles. The van der Waals surface area contributed by atoms with Crippen molar-refractivity contribution in [3.8, 4) is 0 Å². The fraction of sp³-hybridized carbons (Fsp3) is 0.333. The van der Waals surface area contributed by atoms with Gasteiger partial charge in [0, 0.05) is 19.2 Å². The minimum absolute atomic E-state index is 0.0703. The summed E-state index contributed by atoms with van der Waals surface area (Å²) in [5.74, 6) is 0. The second kappa shape index (κ2) is 5.76. The topological polar surface area (TPSA) is 124 Å². The smallest absolute Gasteiger partial charge is 0.319 e. The van der Waals surface area contributed by atoms with Crippen LogP contribution >= 0.6 is 0 Å². The zero-order chi connectivity index (χ0) is 14.7. The average molecular weight is 280 g/mol. The summed E-state index contributed by atoms with van der Waals surface area (Å²) in [4.78, 5) is 2.03. The van der Waals surface area contributed by atoms with Crippen LogP contribution in [-0.4, -0.2) is 36.5 Å². The van der Waals surface area contributed by atoms with Crippen LogP contribution in [-0.2, 0) is 0 Å². The predicted molar refractivity (Wildman–Crippen MR) is 72.7 cm³/mol. The van der Waals surface area contributed by atoms with E-state index in [1.165, 1.54) is 12.1 Å². The second-order valence-corrected chi connectivity index (χ2v) is 4.26. The van der Waals surface area contributed by atoms with Gasteiger partial charge in [0.1, 0.15) is 5.69 Å². The van der Waals surface area contributed by atoms with Crippen molar-refractivity contribution in [1.29, 1.82) is 0 Å². The Kier molecular flexibility index (Phi) is 4.06. The molecular formula is C12H16N4O4. The van der Waals surface area contributed by atoms with E-state index in [1.54, 1.807) is 11.0 Å². The largest absolute Gasteiger partial charge is 0.561 e. The molecule has 20 heavy (non-hydrogen) atoms. The highest BCUT2D eigenvalue weighted by Crippen LogP contribution is 2.27. The summed E-state index contributed by atoms with van der Waals surface area (Å²) >= 11 is 0. The fourth-order valence-electron chi connectivity index (χ4n) is 2.16. The van der Waals surface area contributed by atoms with Gasteiger partial charge in [-0.1, -0.05) is 0 Å². The first-order chi connectivity index (χ1) is 9.60.